The van der Waals surface area contributed by atoms with Gasteiger partial charge in [-0.2, -0.15) is 0 Å². The van der Waals surface area contributed by atoms with Gasteiger partial charge in [-0.15, -0.1) is 0 Å². The molecule has 0 radical (unpaired) electrons. The van der Waals surface area contributed by atoms with E-state index in [-0.39, 0.29) is 0 Å². The summed E-state index contributed by atoms with van der Waals surface area (Å²) < 4.78 is 0. The Morgan fingerprint density at radius 1 is 1.38 bits per heavy atom. The molecule has 0 bridgehead atoms. The summed E-state index contributed by atoms with van der Waals surface area (Å²) in [5.41, 5.74) is 0. The lowest BCUT2D eigenvalue weighted by Crippen LogP contribution is -2.03. The van der Waals surface area contributed by atoms with Gasteiger partial charge in [-0.1, -0.05) is 37.3 Å². The van der Waals surface area contributed by atoms with Crippen molar-refractivity contribution in [3.63, 3.8) is 0 Å². The maximum Gasteiger partial charge on any atom is 0.132 e. The molecule has 1 saturated carbocycles. The van der Waals surface area contributed by atoms with Crippen LogP contribution in [0.5, 0.6) is 0 Å². The molecule has 1 heterocycles. The molecule has 0 spiro atoms. The lowest BCUT2D eigenvalue weighted by molar-refractivity contribution is 0.530. The fourth-order valence-electron chi connectivity index (χ4n) is 1.95. The molecule has 0 aliphatic heterocycles. The van der Waals surface area contributed by atoms with Crippen molar-refractivity contribution in [1.82, 2.24) is 9.97 Å². The summed E-state index contributed by atoms with van der Waals surface area (Å²) in [6.45, 7) is 0. The second-order valence-electron chi connectivity index (χ2n) is 3.65. The van der Waals surface area contributed by atoms with Crippen molar-refractivity contribution in [2.45, 2.75) is 32.1 Å². The summed E-state index contributed by atoms with van der Waals surface area (Å²) in [5.74, 6) is 1.69. The highest BCUT2D eigenvalue weighted by molar-refractivity contribution is 6.29. The Hall–Kier alpha value is -0.630. The summed E-state index contributed by atoms with van der Waals surface area (Å²) in [7, 11) is 0. The molecular weight excluding hydrogens is 184 g/mol. The van der Waals surface area contributed by atoms with Gasteiger partial charge in [0.2, 0.25) is 0 Å². The number of aromatic nitrogens is 2. The zero-order valence-electron chi connectivity index (χ0n) is 7.54. The van der Waals surface area contributed by atoms with Crippen LogP contribution in [-0.4, -0.2) is 9.97 Å². The Labute approximate surface area is 83.4 Å². The lowest BCUT2D eigenvalue weighted by Gasteiger charge is -2.06. The second-order valence-corrected chi connectivity index (χ2v) is 4.04. The Bertz CT molecular complexity index is 282. The number of halogens is 1. The molecule has 0 saturated heterocycles. The van der Waals surface area contributed by atoms with E-state index < -0.39 is 0 Å². The largest absolute Gasteiger partial charge is 0.241 e. The highest BCUT2D eigenvalue weighted by Gasteiger charge is 2.16. The minimum absolute atomic E-state index is 0.558. The first-order valence-electron chi connectivity index (χ1n) is 4.82. The summed E-state index contributed by atoms with van der Waals surface area (Å²) >= 11 is 5.78. The van der Waals surface area contributed by atoms with Crippen LogP contribution in [0.4, 0.5) is 0 Å². The summed E-state index contributed by atoms with van der Waals surface area (Å²) in [4.78, 5) is 8.40. The van der Waals surface area contributed by atoms with Crippen LogP contribution >= 0.6 is 11.6 Å². The molecule has 1 aromatic heterocycles. The van der Waals surface area contributed by atoms with Gasteiger partial charge >= 0.3 is 0 Å². The summed E-state index contributed by atoms with van der Waals surface area (Å²) in [5, 5.41) is 0.558. The van der Waals surface area contributed by atoms with Crippen molar-refractivity contribution < 1.29 is 0 Å². The van der Waals surface area contributed by atoms with Gasteiger partial charge in [0.15, 0.2) is 0 Å². The number of rotatable bonds is 2. The van der Waals surface area contributed by atoms with Crippen LogP contribution < -0.4 is 0 Å². The summed E-state index contributed by atoms with van der Waals surface area (Å²) in [6, 6.07) is 1.72. The van der Waals surface area contributed by atoms with E-state index in [0.29, 0.717) is 5.15 Å². The van der Waals surface area contributed by atoms with Crippen LogP contribution in [0.15, 0.2) is 12.3 Å². The van der Waals surface area contributed by atoms with E-state index in [9.17, 15) is 0 Å². The first-order valence-corrected chi connectivity index (χ1v) is 5.20. The molecule has 3 heteroatoms. The average Bonchev–Trinajstić information content (AvgIpc) is 2.57. The minimum atomic E-state index is 0.558. The van der Waals surface area contributed by atoms with Crippen molar-refractivity contribution in [3.05, 3.63) is 23.2 Å². The van der Waals surface area contributed by atoms with Gasteiger partial charge in [0, 0.05) is 12.6 Å². The van der Waals surface area contributed by atoms with E-state index >= 15 is 0 Å². The molecule has 13 heavy (non-hydrogen) atoms. The molecule has 0 amide bonds. The molecule has 1 fully saturated rings. The zero-order chi connectivity index (χ0) is 9.10. The molecule has 0 N–H and O–H groups in total. The maximum atomic E-state index is 5.78. The highest BCUT2D eigenvalue weighted by atomic mass is 35.5. The van der Waals surface area contributed by atoms with Gasteiger partial charge in [-0.25, -0.2) is 9.97 Å². The first-order chi connectivity index (χ1) is 6.34. The zero-order valence-corrected chi connectivity index (χ0v) is 8.30. The first kappa shape index (κ1) is 8.95. The Morgan fingerprint density at radius 3 is 2.85 bits per heavy atom. The fourth-order valence-corrected chi connectivity index (χ4v) is 2.10. The van der Waals surface area contributed by atoms with Crippen LogP contribution in [0.3, 0.4) is 0 Å². The van der Waals surface area contributed by atoms with Gasteiger partial charge in [-0.05, 0) is 12.0 Å². The van der Waals surface area contributed by atoms with Crippen LogP contribution in [-0.2, 0) is 6.42 Å². The molecular formula is C10H13ClN2. The SMILES string of the molecule is Clc1ccnc(CC2CCCC2)n1. The van der Waals surface area contributed by atoms with Crippen molar-refractivity contribution in [2.75, 3.05) is 0 Å². The van der Waals surface area contributed by atoms with E-state index in [1.807, 2.05) is 0 Å². The van der Waals surface area contributed by atoms with E-state index in [1.54, 1.807) is 12.3 Å². The Morgan fingerprint density at radius 2 is 2.15 bits per heavy atom. The maximum absolute atomic E-state index is 5.78. The normalized spacial score (nSPS) is 17.9. The Balaban J connectivity index is 2.00. The fraction of sp³-hybridized carbons (Fsp3) is 0.600. The minimum Gasteiger partial charge on any atom is -0.241 e. The second kappa shape index (κ2) is 4.05. The lowest BCUT2D eigenvalue weighted by atomic mass is 10.0. The molecule has 0 unspecified atom stereocenters. The Kier molecular flexibility index (Phi) is 2.79. The highest BCUT2D eigenvalue weighted by Crippen LogP contribution is 2.27. The number of hydrogen-bond donors (Lipinski definition) is 0. The molecule has 2 rings (SSSR count). The van der Waals surface area contributed by atoms with Gasteiger partial charge in [-0.3, -0.25) is 0 Å². The molecule has 0 aromatic carbocycles. The molecule has 1 aromatic rings. The molecule has 70 valence electrons. The molecule has 1 aliphatic carbocycles. The van der Waals surface area contributed by atoms with Gasteiger partial charge < -0.3 is 0 Å². The number of nitrogens with zero attached hydrogens (tertiary/aromatic N) is 2. The van der Waals surface area contributed by atoms with E-state index in [0.717, 1.165) is 18.2 Å². The quantitative estimate of drug-likeness (QED) is 0.680. The topological polar surface area (TPSA) is 25.8 Å². The van der Waals surface area contributed by atoms with Crippen molar-refractivity contribution in [1.29, 1.82) is 0 Å². The van der Waals surface area contributed by atoms with Crippen molar-refractivity contribution in [3.8, 4) is 0 Å². The van der Waals surface area contributed by atoms with Gasteiger partial charge in [0.1, 0.15) is 11.0 Å². The molecule has 1 aliphatic rings. The van der Waals surface area contributed by atoms with Crippen LogP contribution in [0, 0.1) is 5.92 Å². The monoisotopic (exact) mass is 196 g/mol. The standard InChI is InChI=1S/C10H13ClN2/c11-9-5-6-12-10(13-9)7-8-3-1-2-4-8/h5-6,8H,1-4,7H2. The molecule has 2 nitrogen and oxygen atoms in total. The van der Waals surface area contributed by atoms with Crippen LogP contribution in [0.2, 0.25) is 5.15 Å². The summed E-state index contributed by atoms with van der Waals surface area (Å²) in [6.07, 6.45) is 8.13. The van der Waals surface area contributed by atoms with Crippen molar-refractivity contribution >= 4 is 11.6 Å². The van der Waals surface area contributed by atoms with E-state index in [4.69, 9.17) is 11.6 Å². The average molecular weight is 197 g/mol. The van der Waals surface area contributed by atoms with E-state index in [1.165, 1.54) is 25.7 Å². The van der Waals surface area contributed by atoms with Gasteiger partial charge in [0.05, 0.1) is 0 Å². The van der Waals surface area contributed by atoms with Crippen LogP contribution in [0.1, 0.15) is 31.5 Å². The smallest absolute Gasteiger partial charge is 0.132 e. The molecule has 0 atom stereocenters. The van der Waals surface area contributed by atoms with E-state index in [2.05, 4.69) is 9.97 Å². The third-order valence-electron chi connectivity index (χ3n) is 2.62. The van der Waals surface area contributed by atoms with Crippen LogP contribution in [0.25, 0.3) is 0 Å². The predicted molar refractivity (Wildman–Crippen MR) is 52.7 cm³/mol. The van der Waals surface area contributed by atoms with Gasteiger partial charge in [0.25, 0.3) is 0 Å². The predicted octanol–water partition coefficient (Wildman–Crippen LogP) is 2.86. The number of hydrogen-bond acceptors (Lipinski definition) is 2. The third kappa shape index (κ3) is 2.41. The third-order valence-corrected chi connectivity index (χ3v) is 2.83. The van der Waals surface area contributed by atoms with Crippen molar-refractivity contribution in [2.24, 2.45) is 5.92 Å².